The second-order valence-electron chi connectivity index (χ2n) is 3.51. The van der Waals surface area contributed by atoms with Crippen LogP contribution in [0.1, 0.15) is 15.9 Å². The Morgan fingerprint density at radius 3 is 2.53 bits per heavy atom. The zero-order chi connectivity index (χ0) is 13.0. The van der Waals surface area contributed by atoms with Crippen LogP contribution in [-0.2, 0) is 16.0 Å². The van der Waals surface area contributed by atoms with Gasteiger partial charge in [0.1, 0.15) is 11.9 Å². The first-order chi connectivity index (χ1) is 7.95. The van der Waals surface area contributed by atoms with E-state index in [1.165, 1.54) is 19.2 Å². The van der Waals surface area contributed by atoms with Crippen LogP contribution in [-0.4, -0.2) is 25.0 Å². The minimum atomic E-state index is -0.864. The second kappa shape index (κ2) is 5.40. The molecule has 0 aliphatic heterocycles. The molecule has 6 heteroatoms. The van der Waals surface area contributed by atoms with Gasteiger partial charge in [0.05, 0.1) is 5.56 Å². The molecule has 0 saturated carbocycles. The van der Waals surface area contributed by atoms with Gasteiger partial charge in [-0.15, -0.1) is 0 Å². The lowest BCUT2D eigenvalue weighted by Crippen LogP contribution is -2.32. The van der Waals surface area contributed by atoms with E-state index in [0.717, 1.165) is 6.07 Å². The number of halogens is 1. The lowest BCUT2D eigenvalue weighted by molar-refractivity contribution is -0.127. The first kappa shape index (κ1) is 13.1. The number of hydrogen-bond acceptors (Lipinski definition) is 3. The van der Waals surface area contributed by atoms with Crippen LogP contribution < -0.4 is 11.5 Å². The highest BCUT2D eigenvalue weighted by Gasteiger charge is 2.16. The summed E-state index contributed by atoms with van der Waals surface area (Å²) in [7, 11) is 1.34. The van der Waals surface area contributed by atoms with Crippen molar-refractivity contribution in [3.63, 3.8) is 0 Å². The normalized spacial score (nSPS) is 12.1. The fourth-order valence-corrected chi connectivity index (χ4v) is 1.40. The number of methoxy groups -OCH3 is 1. The highest BCUT2D eigenvalue weighted by Crippen LogP contribution is 2.12. The number of amides is 2. The summed E-state index contributed by atoms with van der Waals surface area (Å²) in [6.45, 7) is 0. The van der Waals surface area contributed by atoms with E-state index in [9.17, 15) is 14.0 Å². The van der Waals surface area contributed by atoms with Crippen molar-refractivity contribution in [1.29, 1.82) is 0 Å². The maximum atomic E-state index is 13.2. The molecule has 4 N–H and O–H groups in total. The maximum Gasteiger partial charge on any atom is 0.251 e. The molecule has 1 atom stereocenters. The first-order valence-corrected chi connectivity index (χ1v) is 4.86. The van der Waals surface area contributed by atoms with Crippen molar-refractivity contribution in [2.75, 3.05) is 7.11 Å². The molecule has 0 radical (unpaired) electrons. The Kier molecular flexibility index (Phi) is 4.17. The average molecular weight is 240 g/mol. The third-order valence-corrected chi connectivity index (χ3v) is 2.32. The number of primary amides is 2. The van der Waals surface area contributed by atoms with Crippen molar-refractivity contribution in [2.45, 2.75) is 12.5 Å². The summed E-state index contributed by atoms with van der Waals surface area (Å²) in [6, 6.07) is 3.84. The van der Waals surface area contributed by atoms with Crippen LogP contribution >= 0.6 is 0 Å². The summed E-state index contributed by atoms with van der Waals surface area (Å²) in [6.07, 6.45) is -0.659. The Hall–Kier alpha value is -1.95. The minimum absolute atomic E-state index is 0.159. The van der Waals surface area contributed by atoms with Crippen LogP contribution in [0.4, 0.5) is 4.39 Å². The third kappa shape index (κ3) is 3.25. The van der Waals surface area contributed by atoms with Gasteiger partial charge in [-0.2, -0.15) is 0 Å². The number of carbonyl (C=O) groups is 2. The summed E-state index contributed by atoms with van der Waals surface area (Å²) in [5.74, 6) is -2.19. The maximum absolute atomic E-state index is 13.2. The molecule has 1 unspecified atom stereocenters. The molecule has 5 nitrogen and oxygen atoms in total. The van der Waals surface area contributed by atoms with Gasteiger partial charge in [-0.05, 0) is 17.7 Å². The summed E-state index contributed by atoms with van der Waals surface area (Å²) in [5.41, 5.74) is 10.4. The van der Waals surface area contributed by atoms with Crippen LogP contribution in [0.5, 0.6) is 0 Å². The Labute approximate surface area is 97.5 Å². The molecule has 0 aromatic heterocycles. The van der Waals surface area contributed by atoms with Gasteiger partial charge in [0.15, 0.2) is 0 Å². The third-order valence-electron chi connectivity index (χ3n) is 2.32. The Balaban J connectivity index is 2.96. The lowest BCUT2D eigenvalue weighted by atomic mass is 10.0. The molecular formula is C11H13FN2O3. The Bertz CT molecular complexity index is 448. The van der Waals surface area contributed by atoms with E-state index < -0.39 is 23.7 Å². The molecule has 0 bridgehead atoms. The quantitative estimate of drug-likeness (QED) is 0.756. The Morgan fingerprint density at radius 2 is 2.06 bits per heavy atom. The van der Waals surface area contributed by atoms with Crippen LogP contribution in [0.2, 0.25) is 0 Å². The van der Waals surface area contributed by atoms with Gasteiger partial charge in [-0.1, -0.05) is 6.07 Å². The molecular weight excluding hydrogens is 227 g/mol. The number of rotatable bonds is 5. The van der Waals surface area contributed by atoms with E-state index in [4.69, 9.17) is 16.2 Å². The lowest BCUT2D eigenvalue weighted by Gasteiger charge is -2.11. The summed E-state index contributed by atoms with van der Waals surface area (Å²) in [5, 5.41) is 0. The topological polar surface area (TPSA) is 95.4 Å². The van der Waals surface area contributed by atoms with Gasteiger partial charge in [-0.3, -0.25) is 9.59 Å². The highest BCUT2D eigenvalue weighted by atomic mass is 19.1. The molecule has 0 aliphatic rings. The molecule has 2 amide bonds. The fourth-order valence-electron chi connectivity index (χ4n) is 1.40. The highest BCUT2D eigenvalue weighted by molar-refractivity contribution is 5.93. The zero-order valence-electron chi connectivity index (χ0n) is 9.27. The van der Waals surface area contributed by atoms with Gasteiger partial charge >= 0.3 is 0 Å². The van der Waals surface area contributed by atoms with Gasteiger partial charge < -0.3 is 16.2 Å². The van der Waals surface area contributed by atoms with E-state index in [2.05, 4.69) is 0 Å². The standard InChI is InChI=1S/C11H13FN2O3/c1-17-9(11(14)16)5-6-2-3-8(12)7(4-6)10(13)15/h2-4,9H,5H2,1H3,(H2,13,15)(H2,14,16). The molecule has 1 aromatic carbocycles. The molecule has 0 fully saturated rings. The van der Waals surface area contributed by atoms with E-state index >= 15 is 0 Å². The largest absolute Gasteiger partial charge is 0.371 e. The summed E-state index contributed by atoms with van der Waals surface area (Å²) < 4.78 is 18.0. The number of benzene rings is 1. The predicted molar refractivity (Wildman–Crippen MR) is 58.6 cm³/mol. The van der Waals surface area contributed by atoms with E-state index in [0.29, 0.717) is 5.56 Å². The Morgan fingerprint density at radius 1 is 1.41 bits per heavy atom. The zero-order valence-corrected chi connectivity index (χ0v) is 9.27. The van der Waals surface area contributed by atoms with Crippen LogP contribution in [0, 0.1) is 5.82 Å². The van der Waals surface area contributed by atoms with Gasteiger partial charge in [-0.25, -0.2) is 4.39 Å². The summed E-state index contributed by atoms with van der Waals surface area (Å²) in [4.78, 5) is 21.9. The first-order valence-electron chi connectivity index (χ1n) is 4.86. The molecule has 1 rings (SSSR count). The molecule has 1 aromatic rings. The van der Waals surface area contributed by atoms with E-state index in [-0.39, 0.29) is 12.0 Å². The minimum Gasteiger partial charge on any atom is -0.371 e. The second-order valence-corrected chi connectivity index (χ2v) is 3.51. The molecule has 17 heavy (non-hydrogen) atoms. The van der Waals surface area contributed by atoms with Crippen molar-refractivity contribution >= 4 is 11.8 Å². The van der Waals surface area contributed by atoms with Crippen molar-refractivity contribution < 1.29 is 18.7 Å². The van der Waals surface area contributed by atoms with Crippen LogP contribution in [0.3, 0.4) is 0 Å². The SMILES string of the molecule is COC(Cc1ccc(F)c(C(N)=O)c1)C(N)=O. The van der Waals surface area contributed by atoms with Gasteiger partial charge in [0, 0.05) is 13.5 Å². The molecule has 0 spiro atoms. The molecule has 0 heterocycles. The monoisotopic (exact) mass is 240 g/mol. The van der Waals surface area contributed by atoms with Crippen LogP contribution in [0.15, 0.2) is 18.2 Å². The number of carbonyl (C=O) groups excluding carboxylic acids is 2. The molecule has 92 valence electrons. The molecule has 0 saturated heterocycles. The van der Waals surface area contributed by atoms with Crippen LogP contribution in [0.25, 0.3) is 0 Å². The fraction of sp³-hybridized carbons (Fsp3) is 0.273. The summed E-state index contributed by atoms with van der Waals surface area (Å²) >= 11 is 0. The van der Waals surface area contributed by atoms with Crippen molar-refractivity contribution in [1.82, 2.24) is 0 Å². The smallest absolute Gasteiger partial charge is 0.251 e. The van der Waals surface area contributed by atoms with E-state index in [1.54, 1.807) is 0 Å². The number of hydrogen-bond donors (Lipinski definition) is 2. The van der Waals surface area contributed by atoms with Crippen molar-refractivity contribution in [3.05, 3.63) is 35.1 Å². The predicted octanol–water partition coefficient (Wildman–Crippen LogP) is -0.0326. The average Bonchev–Trinajstić information content (AvgIpc) is 2.27. The number of nitrogens with two attached hydrogens (primary N) is 2. The number of ether oxygens (including phenoxy) is 1. The molecule has 0 aliphatic carbocycles. The van der Waals surface area contributed by atoms with Gasteiger partial charge in [0.25, 0.3) is 5.91 Å². The van der Waals surface area contributed by atoms with Gasteiger partial charge in [0.2, 0.25) is 5.91 Å². The van der Waals surface area contributed by atoms with Crippen molar-refractivity contribution in [2.24, 2.45) is 11.5 Å². The van der Waals surface area contributed by atoms with Crippen molar-refractivity contribution in [3.8, 4) is 0 Å². The van der Waals surface area contributed by atoms with E-state index in [1.807, 2.05) is 0 Å².